The van der Waals surface area contributed by atoms with Crippen molar-refractivity contribution in [1.82, 2.24) is 4.90 Å². The lowest BCUT2D eigenvalue weighted by Crippen LogP contribution is -2.45. The monoisotopic (exact) mass is 261 g/mol. The van der Waals surface area contributed by atoms with E-state index in [-0.39, 0.29) is 12.5 Å². The molecule has 0 aromatic heterocycles. The summed E-state index contributed by atoms with van der Waals surface area (Å²) in [5.74, 6) is 0.364. The molecule has 1 amide bonds. The zero-order chi connectivity index (χ0) is 13.8. The van der Waals surface area contributed by atoms with Crippen LogP contribution < -0.4 is 10.5 Å². The van der Waals surface area contributed by atoms with Crippen molar-refractivity contribution in [2.24, 2.45) is 0 Å². The Bertz CT molecular complexity index is 524. The van der Waals surface area contributed by atoms with Crippen LogP contribution in [0.3, 0.4) is 0 Å². The predicted molar refractivity (Wildman–Crippen MR) is 68.7 cm³/mol. The third-order valence-corrected chi connectivity index (χ3v) is 2.91. The fraction of sp³-hybridized carbons (Fsp3) is 0.385. The maximum atomic E-state index is 12.3. The third kappa shape index (κ3) is 2.95. The maximum Gasteiger partial charge on any atom is 0.254 e. The van der Waals surface area contributed by atoms with Crippen molar-refractivity contribution in [1.29, 1.82) is 5.26 Å². The van der Waals surface area contributed by atoms with Crippen LogP contribution in [0.15, 0.2) is 18.2 Å². The molecule has 100 valence electrons. The number of carbonyl (C=O) groups is 1. The van der Waals surface area contributed by atoms with E-state index in [9.17, 15) is 4.79 Å². The van der Waals surface area contributed by atoms with Gasteiger partial charge in [-0.25, -0.2) is 0 Å². The van der Waals surface area contributed by atoms with Gasteiger partial charge in [-0.1, -0.05) is 0 Å². The number of carbonyl (C=O) groups excluding carboxylic acids is 1. The summed E-state index contributed by atoms with van der Waals surface area (Å²) in [5.41, 5.74) is 6.65. The molecule has 1 unspecified atom stereocenters. The van der Waals surface area contributed by atoms with E-state index in [1.165, 1.54) is 7.11 Å². The fourth-order valence-electron chi connectivity index (χ4n) is 1.96. The number of nitrogens with zero attached hydrogens (tertiary/aromatic N) is 2. The summed E-state index contributed by atoms with van der Waals surface area (Å²) < 4.78 is 10.3. The summed E-state index contributed by atoms with van der Waals surface area (Å²) in [5, 5.41) is 8.83. The lowest BCUT2D eigenvalue weighted by Gasteiger charge is -2.29. The van der Waals surface area contributed by atoms with Crippen molar-refractivity contribution in [3.63, 3.8) is 0 Å². The molecule has 1 heterocycles. The quantitative estimate of drug-likeness (QED) is 0.789. The highest BCUT2D eigenvalue weighted by Gasteiger charge is 2.25. The van der Waals surface area contributed by atoms with Gasteiger partial charge in [0.2, 0.25) is 0 Å². The molecule has 1 aliphatic rings. The van der Waals surface area contributed by atoms with Crippen molar-refractivity contribution in [2.45, 2.75) is 6.10 Å². The van der Waals surface area contributed by atoms with Crippen LogP contribution in [0.25, 0.3) is 0 Å². The lowest BCUT2D eigenvalue weighted by atomic mass is 10.1. The normalized spacial score (nSPS) is 18.7. The summed E-state index contributed by atoms with van der Waals surface area (Å²) in [6.07, 6.45) is -0.569. The van der Waals surface area contributed by atoms with Crippen LogP contribution in [0, 0.1) is 11.3 Å². The first-order chi connectivity index (χ1) is 9.13. The number of morpholine rings is 1. The number of nitriles is 1. The number of amides is 1. The number of benzene rings is 1. The van der Waals surface area contributed by atoms with E-state index in [0.29, 0.717) is 30.2 Å². The number of nitrogen functional groups attached to an aromatic ring is 1. The van der Waals surface area contributed by atoms with Gasteiger partial charge in [0.25, 0.3) is 5.91 Å². The van der Waals surface area contributed by atoms with Gasteiger partial charge in [-0.05, 0) is 12.1 Å². The van der Waals surface area contributed by atoms with Gasteiger partial charge in [0.1, 0.15) is 5.75 Å². The molecule has 0 bridgehead atoms. The van der Waals surface area contributed by atoms with E-state index < -0.39 is 6.10 Å². The summed E-state index contributed by atoms with van der Waals surface area (Å²) in [6, 6.07) is 6.89. The van der Waals surface area contributed by atoms with Gasteiger partial charge < -0.3 is 20.1 Å². The second-order valence-corrected chi connectivity index (χ2v) is 4.23. The molecule has 6 nitrogen and oxygen atoms in total. The average Bonchev–Trinajstić information content (AvgIpc) is 2.45. The van der Waals surface area contributed by atoms with Crippen molar-refractivity contribution >= 4 is 11.6 Å². The molecule has 2 rings (SSSR count). The molecular weight excluding hydrogens is 246 g/mol. The molecule has 6 heteroatoms. The molecule has 0 spiro atoms. The number of rotatable bonds is 2. The number of nitrogens with two attached hydrogens (primary N) is 1. The zero-order valence-corrected chi connectivity index (χ0v) is 10.6. The van der Waals surface area contributed by atoms with Crippen LogP contribution in [-0.2, 0) is 4.74 Å². The number of hydrogen-bond acceptors (Lipinski definition) is 5. The van der Waals surface area contributed by atoms with Gasteiger partial charge in [0.15, 0.2) is 6.10 Å². The minimum absolute atomic E-state index is 0.172. The SMILES string of the molecule is COc1cc(N)cc(C(=O)N2CCOC(C#N)C2)c1. The Morgan fingerprint density at radius 1 is 1.58 bits per heavy atom. The van der Waals surface area contributed by atoms with E-state index in [1.807, 2.05) is 6.07 Å². The summed E-state index contributed by atoms with van der Waals surface area (Å²) in [4.78, 5) is 13.9. The first-order valence-corrected chi connectivity index (χ1v) is 5.89. The standard InChI is InChI=1S/C13H15N3O3/c1-18-11-5-9(4-10(15)6-11)13(17)16-2-3-19-12(7-14)8-16/h4-6,12H,2-3,8,15H2,1H3. The Morgan fingerprint density at radius 3 is 3.05 bits per heavy atom. The smallest absolute Gasteiger partial charge is 0.254 e. The van der Waals surface area contributed by atoms with Crippen LogP contribution in [0.5, 0.6) is 5.75 Å². The van der Waals surface area contributed by atoms with Gasteiger partial charge in [-0.15, -0.1) is 0 Å². The second kappa shape index (κ2) is 5.59. The van der Waals surface area contributed by atoms with Crippen molar-refractivity contribution in [2.75, 3.05) is 32.5 Å². The van der Waals surface area contributed by atoms with Crippen LogP contribution >= 0.6 is 0 Å². The first-order valence-electron chi connectivity index (χ1n) is 5.89. The Labute approximate surface area is 111 Å². The topological polar surface area (TPSA) is 88.6 Å². The molecule has 19 heavy (non-hydrogen) atoms. The third-order valence-electron chi connectivity index (χ3n) is 2.91. The Hall–Kier alpha value is -2.26. The highest BCUT2D eigenvalue weighted by Crippen LogP contribution is 2.20. The molecule has 1 aliphatic heterocycles. The highest BCUT2D eigenvalue weighted by molar-refractivity contribution is 5.95. The molecule has 1 atom stereocenters. The minimum Gasteiger partial charge on any atom is -0.497 e. The van der Waals surface area contributed by atoms with Crippen LogP contribution in [0.4, 0.5) is 5.69 Å². The van der Waals surface area contributed by atoms with Gasteiger partial charge in [-0.3, -0.25) is 4.79 Å². The average molecular weight is 261 g/mol. The van der Waals surface area contributed by atoms with E-state index in [1.54, 1.807) is 23.1 Å². The van der Waals surface area contributed by atoms with Gasteiger partial charge in [0, 0.05) is 23.9 Å². The zero-order valence-electron chi connectivity index (χ0n) is 10.6. The van der Waals surface area contributed by atoms with Gasteiger partial charge >= 0.3 is 0 Å². The van der Waals surface area contributed by atoms with Crippen molar-refractivity contribution in [3.8, 4) is 11.8 Å². The van der Waals surface area contributed by atoms with Crippen LogP contribution in [0.1, 0.15) is 10.4 Å². The van der Waals surface area contributed by atoms with E-state index in [2.05, 4.69) is 0 Å². The number of methoxy groups -OCH3 is 1. The molecule has 0 radical (unpaired) electrons. The van der Waals surface area contributed by atoms with E-state index >= 15 is 0 Å². The second-order valence-electron chi connectivity index (χ2n) is 4.23. The fourth-order valence-corrected chi connectivity index (χ4v) is 1.96. The van der Waals surface area contributed by atoms with E-state index in [0.717, 1.165) is 0 Å². The lowest BCUT2D eigenvalue weighted by molar-refractivity contribution is 0.00346. The Morgan fingerprint density at radius 2 is 2.37 bits per heavy atom. The predicted octanol–water partition coefficient (Wildman–Crippen LogP) is 0.642. The summed E-state index contributed by atoms with van der Waals surface area (Å²) >= 11 is 0. The molecule has 1 fully saturated rings. The van der Waals surface area contributed by atoms with Gasteiger partial charge in [0.05, 0.1) is 26.3 Å². The number of ether oxygens (including phenoxy) is 2. The summed E-state index contributed by atoms with van der Waals surface area (Å²) in [6.45, 7) is 1.10. The molecular formula is C13H15N3O3. The van der Waals surface area contributed by atoms with Gasteiger partial charge in [-0.2, -0.15) is 5.26 Å². The van der Waals surface area contributed by atoms with Crippen molar-refractivity contribution in [3.05, 3.63) is 23.8 Å². The summed E-state index contributed by atoms with van der Waals surface area (Å²) in [7, 11) is 1.52. The Balaban J connectivity index is 2.19. The minimum atomic E-state index is -0.569. The Kier molecular flexibility index (Phi) is 3.88. The number of hydrogen-bond donors (Lipinski definition) is 1. The molecule has 1 saturated heterocycles. The molecule has 2 N–H and O–H groups in total. The highest BCUT2D eigenvalue weighted by atomic mass is 16.5. The largest absolute Gasteiger partial charge is 0.497 e. The van der Waals surface area contributed by atoms with E-state index in [4.69, 9.17) is 20.5 Å². The molecule has 0 saturated carbocycles. The van der Waals surface area contributed by atoms with Crippen LogP contribution in [0.2, 0.25) is 0 Å². The molecule has 1 aromatic rings. The molecule has 0 aliphatic carbocycles. The van der Waals surface area contributed by atoms with Crippen LogP contribution in [-0.4, -0.2) is 43.7 Å². The number of anilines is 1. The molecule has 1 aromatic carbocycles. The van der Waals surface area contributed by atoms with Crippen molar-refractivity contribution < 1.29 is 14.3 Å². The maximum absolute atomic E-state index is 12.3. The first kappa shape index (κ1) is 13.2.